The summed E-state index contributed by atoms with van der Waals surface area (Å²) in [5, 5.41) is 6.53. The van der Waals surface area contributed by atoms with Crippen molar-refractivity contribution in [1.29, 1.82) is 0 Å². The average molecular weight is 642 g/mol. The Morgan fingerprint density at radius 3 is 1.74 bits per heavy atom. The molecule has 0 amide bonds. The van der Waals surface area contributed by atoms with Gasteiger partial charge >= 0.3 is 0 Å². The van der Waals surface area contributed by atoms with E-state index in [1.165, 1.54) is 27.5 Å². The third kappa shape index (κ3) is 4.99. The number of allylic oxidation sites excluding steroid dienone is 2. The average Bonchev–Trinajstić information content (AvgIpc) is 3.77. The number of rotatable bonds is 8. The first-order chi connectivity index (χ1) is 24.8. The summed E-state index contributed by atoms with van der Waals surface area (Å²) in [5.41, 5.74) is 10.7. The van der Waals surface area contributed by atoms with Crippen LogP contribution in [0.5, 0.6) is 0 Å². The normalized spacial score (nSPS) is 15.3. The van der Waals surface area contributed by atoms with E-state index in [1.54, 1.807) is 0 Å². The fourth-order valence-electron chi connectivity index (χ4n) is 7.57. The molecule has 0 fully saturated rings. The van der Waals surface area contributed by atoms with E-state index in [0.717, 1.165) is 39.5 Å². The van der Waals surface area contributed by atoms with Crippen molar-refractivity contribution in [2.24, 2.45) is 0 Å². The van der Waals surface area contributed by atoms with Crippen molar-refractivity contribution in [3.63, 3.8) is 0 Å². The van der Waals surface area contributed by atoms with Crippen molar-refractivity contribution in [2.45, 2.75) is 5.54 Å². The Balaban J connectivity index is 1.36. The maximum atomic E-state index is 4.14. The first kappa shape index (κ1) is 29.6. The van der Waals surface area contributed by atoms with Crippen molar-refractivity contribution >= 4 is 50.1 Å². The Kier molecular flexibility index (Phi) is 7.37. The molecule has 50 heavy (non-hydrogen) atoms. The van der Waals surface area contributed by atoms with E-state index < -0.39 is 5.54 Å². The van der Waals surface area contributed by atoms with Gasteiger partial charge in [0.1, 0.15) is 5.54 Å². The van der Waals surface area contributed by atoms with Gasteiger partial charge in [0.05, 0.1) is 16.7 Å². The van der Waals surface area contributed by atoms with Crippen LogP contribution in [0.3, 0.4) is 0 Å². The van der Waals surface area contributed by atoms with E-state index >= 15 is 0 Å². The minimum absolute atomic E-state index is 0.596. The van der Waals surface area contributed by atoms with Crippen LogP contribution in [-0.2, 0) is 5.54 Å². The third-order valence-electron chi connectivity index (χ3n) is 9.73. The second-order valence-corrected chi connectivity index (χ2v) is 12.7. The van der Waals surface area contributed by atoms with Crippen molar-refractivity contribution in [2.75, 3.05) is 10.2 Å². The summed E-state index contributed by atoms with van der Waals surface area (Å²) < 4.78 is 2.40. The summed E-state index contributed by atoms with van der Waals surface area (Å²) in [6.45, 7) is 0. The molecular formula is C47H35N3. The lowest BCUT2D eigenvalue weighted by atomic mass is 9.81. The Bertz CT molecular complexity index is 2440. The van der Waals surface area contributed by atoms with Crippen LogP contribution in [0.1, 0.15) is 11.1 Å². The number of para-hydroxylation sites is 4. The van der Waals surface area contributed by atoms with Crippen molar-refractivity contribution in [1.82, 2.24) is 4.57 Å². The van der Waals surface area contributed by atoms with Crippen LogP contribution in [0.25, 0.3) is 33.1 Å². The highest BCUT2D eigenvalue weighted by Crippen LogP contribution is 2.48. The number of aromatic nitrogens is 1. The SMILES string of the molecule is C1=CC(Nc2cc(N(c3ccccc3)c3ccccc3)c3c4ccccc4n(-c4ccccc4)c3c2)(c2ccccc2)C(c2ccccc2)=C1. The fraction of sp³-hybridized carbons (Fsp3) is 0.0213. The molecule has 3 nitrogen and oxygen atoms in total. The van der Waals surface area contributed by atoms with Crippen molar-refractivity contribution in [3.05, 3.63) is 217 Å². The van der Waals surface area contributed by atoms with E-state index in [4.69, 9.17) is 0 Å². The van der Waals surface area contributed by atoms with E-state index in [-0.39, 0.29) is 0 Å². The van der Waals surface area contributed by atoms with E-state index in [1.807, 2.05) is 0 Å². The molecule has 1 aliphatic carbocycles. The second kappa shape index (κ2) is 12.5. The molecule has 7 aromatic carbocycles. The Hall–Kier alpha value is -6.58. The molecule has 0 saturated heterocycles. The van der Waals surface area contributed by atoms with Crippen LogP contribution in [-0.4, -0.2) is 4.57 Å². The highest BCUT2D eigenvalue weighted by molar-refractivity contribution is 6.17. The molecule has 0 saturated carbocycles. The summed E-state index contributed by atoms with van der Waals surface area (Å²) in [4.78, 5) is 2.39. The lowest BCUT2D eigenvalue weighted by Crippen LogP contribution is -2.33. The van der Waals surface area contributed by atoms with Gasteiger partial charge in [-0.15, -0.1) is 0 Å². The van der Waals surface area contributed by atoms with Crippen LogP contribution in [0, 0.1) is 0 Å². The summed E-state index contributed by atoms with van der Waals surface area (Å²) in [6, 6.07) is 67.0. The van der Waals surface area contributed by atoms with E-state index in [2.05, 4.69) is 221 Å². The highest BCUT2D eigenvalue weighted by Gasteiger charge is 2.37. The molecule has 0 bridgehead atoms. The van der Waals surface area contributed by atoms with E-state index in [9.17, 15) is 0 Å². The van der Waals surface area contributed by atoms with Crippen molar-refractivity contribution in [3.8, 4) is 5.69 Å². The van der Waals surface area contributed by atoms with Crippen molar-refractivity contribution < 1.29 is 0 Å². The summed E-state index contributed by atoms with van der Waals surface area (Å²) >= 11 is 0. The summed E-state index contributed by atoms with van der Waals surface area (Å²) in [6.07, 6.45) is 6.73. The topological polar surface area (TPSA) is 20.2 Å². The predicted molar refractivity (Wildman–Crippen MR) is 211 cm³/mol. The molecule has 0 aliphatic heterocycles. The highest BCUT2D eigenvalue weighted by atomic mass is 15.2. The zero-order valence-electron chi connectivity index (χ0n) is 27.5. The van der Waals surface area contributed by atoms with Gasteiger partial charge in [-0.3, -0.25) is 0 Å². The molecule has 1 atom stereocenters. The monoisotopic (exact) mass is 641 g/mol. The van der Waals surface area contributed by atoms with Gasteiger partial charge in [0.25, 0.3) is 0 Å². The van der Waals surface area contributed by atoms with Crippen LogP contribution in [0.4, 0.5) is 22.7 Å². The number of anilines is 4. The van der Waals surface area contributed by atoms with Crippen LogP contribution in [0.2, 0.25) is 0 Å². The molecule has 3 heteroatoms. The number of nitrogens with zero attached hydrogens (tertiary/aromatic N) is 2. The largest absolute Gasteiger partial charge is 0.368 e. The molecule has 8 aromatic rings. The molecule has 1 aliphatic rings. The first-order valence-electron chi connectivity index (χ1n) is 17.1. The minimum atomic E-state index is -0.596. The lowest BCUT2D eigenvalue weighted by Gasteiger charge is -2.35. The van der Waals surface area contributed by atoms with E-state index in [0.29, 0.717) is 0 Å². The third-order valence-corrected chi connectivity index (χ3v) is 9.73. The van der Waals surface area contributed by atoms with Crippen LogP contribution < -0.4 is 10.2 Å². The molecule has 238 valence electrons. The number of benzene rings is 7. The number of hydrogen-bond donors (Lipinski definition) is 1. The second-order valence-electron chi connectivity index (χ2n) is 12.7. The fourth-order valence-corrected chi connectivity index (χ4v) is 7.57. The maximum absolute atomic E-state index is 4.14. The van der Waals surface area contributed by atoms with Gasteiger partial charge in [-0.25, -0.2) is 0 Å². The van der Waals surface area contributed by atoms with Crippen LogP contribution in [0.15, 0.2) is 206 Å². The Labute approximate surface area is 292 Å². The molecule has 1 unspecified atom stereocenters. The minimum Gasteiger partial charge on any atom is -0.368 e. The van der Waals surface area contributed by atoms with Gasteiger partial charge in [0, 0.05) is 33.5 Å². The smallest absolute Gasteiger partial charge is 0.108 e. The number of nitrogens with one attached hydrogen (secondary N) is 1. The number of fused-ring (bicyclic) bond motifs is 3. The summed E-state index contributed by atoms with van der Waals surface area (Å²) in [7, 11) is 0. The zero-order valence-corrected chi connectivity index (χ0v) is 27.5. The first-order valence-corrected chi connectivity index (χ1v) is 17.1. The molecule has 1 heterocycles. The van der Waals surface area contributed by atoms with Gasteiger partial charge < -0.3 is 14.8 Å². The standard InChI is InChI=1S/C47H35N3/c1-6-19-35(20-7-1)42-30-18-32-47(42,36-21-8-2-9-22-36)48-37-33-44(49(38-23-10-3-11-24-38)39-25-12-4-13-26-39)46-41-29-16-17-31-43(41)50(45(46)34-37)40-27-14-5-15-28-40/h1-34,48H. The summed E-state index contributed by atoms with van der Waals surface area (Å²) in [5.74, 6) is 0. The molecule has 9 rings (SSSR count). The number of hydrogen-bond acceptors (Lipinski definition) is 2. The molecule has 0 spiro atoms. The van der Waals surface area contributed by atoms with Gasteiger partial charge in [0.2, 0.25) is 0 Å². The van der Waals surface area contributed by atoms with Gasteiger partial charge in [-0.1, -0.05) is 152 Å². The molecular weight excluding hydrogens is 607 g/mol. The van der Waals surface area contributed by atoms with Gasteiger partial charge in [-0.2, -0.15) is 0 Å². The van der Waals surface area contributed by atoms with Gasteiger partial charge in [-0.05, 0) is 71.3 Å². The molecule has 1 N–H and O–H groups in total. The molecule has 0 radical (unpaired) electrons. The maximum Gasteiger partial charge on any atom is 0.108 e. The Morgan fingerprint density at radius 1 is 0.520 bits per heavy atom. The Morgan fingerprint density at radius 2 is 1.08 bits per heavy atom. The lowest BCUT2D eigenvalue weighted by molar-refractivity contribution is 0.812. The van der Waals surface area contributed by atoms with Gasteiger partial charge in [0.15, 0.2) is 0 Å². The molecule has 1 aromatic heterocycles. The van der Waals surface area contributed by atoms with Crippen LogP contribution >= 0.6 is 0 Å². The predicted octanol–water partition coefficient (Wildman–Crippen LogP) is 12.2. The zero-order chi connectivity index (χ0) is 33.3. The quantitative estimate of drug-likeness (QED) is 0.178.